The lowest BCUT2D eigenvalue weighted by Gasteiger charge is -2.22. The third kappa shape index (κ3) is 2.07. The molecule has 2 aromatic rings. The van der Waals surface area contributed by atoms with Crippen LogP contribution in [0.15, 0.2) is 6.33 Å². The largest absolute Gasteiger partial charge is 0.394 e. The molecule has 0 radical (unpaired) electrons. The van der Waals surface area contributed by atoms with Crippen LogP contribution in [0.3, 0.4) is 0 Å². The molecule has 1 aliphatic heterocycles. The fourth-order valence-corrected chi connectivity index (χ4v) is 2.69. The number of fused-ring (bicyclic) bond motifs is 1. The molecule has 11 heteroatoms. The van der Waals surface area contributed by atoms with Crippen molar-refractivity contribution < 1.29 is 19.3 Å². The molecule has 120 valence electrons. The van der Waals surface area contributed by atoms with Gasteiger partial charge in [-0.05, 0) is 0 Å². The lowest BCUT2D eigenvalue weighted by atomic mass is 10.1. The van der Waals surface area contributed by atoms with Crippen LogP contribution >= 0.6 is 11.6 Å². The first kappa shape index (κ1) is 15.2. The first-order valence-corrected chi connectivity index (χ1v) is 6.78. The zero-order valence-corrected chi connectivity index (χ0v) is 12.2. The second-order valence-corrected chi connectivity index (χ2v) is 5.41. The van der Waals surface area contributed by atoms with Gasteiger partial charge < -0.3 is 26.0 Å². The highest BCUT2D eigenvalue weighted by atomic mass is 35.5. The van der Waals surface area contributed by atoms with Crippen LogP contribution in [-0.4, -0.2) is 60.7 Å². The van der Waals surface area contributed by atoms with E-state index in [-0.39, 0.29) is 11.6 Å². The molecule has 9 nitrogen and oxygen atoms in total. The average Bonchev–Trinajstić information content (AvgIpc) is 2.98. The highest BCUT2D eigenvalue weighted by Gasteiger charge is 2.57. The van der Waals surface area contributed by atoms with Crippen LogP contribution in [0.4, 0.5) is 16.2 Å². The maximum absolute atomic E-state index is 14.6. The Kier molecular flexibility index (Phi) is 3.56. The van der Waals surface area contributed by atoms with Gasteiger partial charge in [-0.1, -0.05) is 11.6 Å². The summed E-state index contributed by atoms with van der Waals surface area (Å²) in [4.78, 5) is 12.1. The van der Waals surface area contributed by atoms with Gasteiger partial charge >= 0.3 is 0 Å². The second-order valence-electron chi connectivity index (χ2n) is 4.83. The van der Waals surface area contributed by atoms with Crippen molar-refractivity contribution in [3.63, 3.8) is 0 Å². The van der Waals surface area contributed by atoms with Crippen LogP contribution in [0.5, 0.6) is 0 Å². The van der Waals surface area contributed by atoms with Crippen molar-refractivity contribution in [2.24, 2.45) is 0 Å². The van der Waals surface area contributed by atoms with Gasteiger partial charge in [0.15, 0.2) is 23.2 Å². The summed E-state index contributed by atoms with van der Waals surface area (Å²) >= 11 is 5.77. The summed E-state index contributed by atoms with van der Waals surface area (Å²) in [5.41, 5.74) is 6.15. The summed E-state index contributed by atoms with van der Waals surface area (Å²) in [6, 6.07) is 0. The Morgan fingerprint density at radius 1 is 1.59 bits per heavy atom. The fraction of sp³-hybridized carbons (Fsp3) is 0.545. The average molecular weight is 333 g/mol. The van der Waals surface area contributed by atoms with Gasteiger partial charge in [-0.3, -0.25) is 4.57 Å². The number of alkyl halides is 2. The van der Waals surface area contributed by atoms with E-state index < -0.39 is 30.2 Å². The summed E-state index contributed by atoms with van der Waals surface area (Å²) < 4.78 is 21.1. The van der Waals surface area contributed by atoms with Gasteiger partial charge in [0.05, 0.1) is 12.9 Å². The molecule has 1 fully saturated rings. The van der Waals surface area contributed by atoms with Crippen molar-refractivity contribution in [2.45, 2.75) is 23.6 Å². The molecule has 3 heterocycles. The molecule has 22 heavy (non-hydrogen) atoms. The maximum atomic E-state index is 14.6. The first-order chi connectivity index (χ1) is 10.4. The molecule has 1 saturated heterocycles. The van der Waals surface area contributed by atoms with E-state index in [0.717, 1.165) is 0 Å². The molecule has 0 aliphatic carbocycles. The van der Waals surface area contributed by atoms with Crippen molar-refractivity contribution in [2.75, 3.05) is 24.7 Å². The predicted octanol–water partition coefficient (Wildman–Crippen LogP) is -0.395. The van der Waals surface area contributed by atoms with Crippen LogP contribution in [0.1, 0.15) is 6.23 Å². The van der Waals surface area contributed by atoms with Crippen molar-refractivity contribution in [1.29, 1.82) is 0 Å². The Labute approximate surface area is 128 Å². The van der Waals surface area contributed by atoms with Gasteiger partial charge in [-0.15, -0.1) is 0 Å². The Morgan fingerprint density at radius 3 is 2.91 bits per heavy atom. The fourth-order valence-electron chi connectivity index (χ4n) is 2.40. The molecule has 5 N–H and O–H groups in total. The Bertz CT molecular complexity index is 710. The van der Waals surface area contributed by atoms with E-state index in [2.05, 4.69) is 20.3 Å². The number of ether oxygens (including phenoxy) is 1. The number of hydrogen-bond donors (Lipinski definition) is 4. The summed E-state index contributed by atoms with van der Waals surface area (Å²) in [7, 11) is 1.62. The molecule has 0 amide bonds. The highest BCUT2D eigenvalue weighted by molar-refractivity contribution is 6.23. The predicted molar refractivity (Wildman–Crippen MR) is 76.0 cm³/mol. The van der Waals surface area contributed by atoms with Gasteiger partial charge in [0, 0.05) is 7.05 Å². The molecule has 3 rings (SSSR count). The summed E-state index contributed by atoms with van der Waals surface area (Å²) in [5, 5.41) is 19.1. The molecule has 2 aromatic heterocycles. The molecule has 4 atom stereocenters. The molecule has 1 aliphatic rings. The van der Waals surface area contributed by atoms with Gasteiger partial charge in [0.1, 0.15) is 12.2 Å². The van der Waals surface area contributed by atoms with E-state index in [0.29, 0.717) is 11.3 Å². The highest BCUT2D eigenvalue weighted by Crippen LogP contribution is 2.45. The lowest BCUT2D eigenvalue weighted by Crippen LogP contribution is -2.38. The van der Waals surface area contributed by atoms with Crippen LogP contribution in [0, 0.1) is 0 Å². The number of imidazole rings is 1. The number of rotatable bonds is 3. The topological polar surface area (TPSA) is 131 Å². The minimum Gasteiger partial charge on any atom is -0.394 e. The van der Waals surface area contributed by atoms with Crippen LogP contribution in [0.25, 0.3) is 11.2 Å². The molecule has 0 aromatic carbocycles. The SMILES string of the molecule is CNc1nc(N)nc2c1ncn2[C@@H]1O[C@H](CO)[C@@H](O)[C@@]1(F)Cl. The molecule has 0 saturated carbocycles. The number of nitrogens with zero attached hydrogens (tertiary/aromatic N) is 4. The number of aliphatic hydroxyl groups excluding tert-OH is 2. The van der Waals surface area contributed by atoms with Gasteiger partial charge in [0.25, 0.3) is 5.13 Å². The maximum Gasteiger partial charge on any atom is 0.256 e. The van der Waals surface area contributed by atoms with E-state index in [1.54, 1.807) is 7.05 Å². The van der Waals surface area contributed by atoms with Crippen molar-refractivity contribution in [3.05, 3.63) is 6.33 Å². The molecule has 0 spiro atoms. The van der Waals surface area contributed by atoms with Crippen molar-refractivity contribution in [1.82, 2.24) is 19.5 Å². The van der Waals surface area contributed by atoms with Crippen molar-refractivity contribution in [3.8, 4) is 0 Å². The molecular weight excluding hydrogens is 319 g/mol. The zero-order chi connectivity index (χ0) is 16.1. The molecule has 0 unspecified atom stereocenters. The van der Waals surface area contributed by atoms with Crippen LogP contribution in [-0.2, 0) is 4.74 Å². The lowest BCUT2D eigenvalue weighted by molar-refractivity contribution is -0.0482. The normalized spacial score (nSPS) is 31.8. The Hall–Kier alpha value is -1.75. The van der Waals surface area contributed by atoms with Crippen LogP contribution in [0.2, 0.25) is 0 Å². The minimum absolute atomic E-state index is 0.0464. The third-order valence-corrected chi connectivity index (χ3v) is 3.90. The van der Waals surface area contributed by atoms with E-state index in [1.165, 1.54) is 10.9 Å². The van der Waals surface area contributed by atoms with Gasteiger partial charge in [-0.2, -0.15) is 9.97 Å². The van der Waals surface area contributed by atoms with Gasteiger partial charge in [0.2, 0.25) is 5.95 Å². The Balaban J connectivity index is 2.13. The minimum atomic E-state index is -2.65. The number of nitrogen functional groups attached to an aromatic ring is 1. The van der Waals surface area contributed by atoms with Gasteiger partial charge in [-0.25, -0.2) is 9.37 Å². The van der Waals surface area contributed by atoms with E-state index in [4.69, 9.17) is 27.2 Å². The summed E-state index contributed by atoms with van der Waals surface area (Å²) in [5.74, 6) is 0.312. The van der Waals surface area contributed by atoms with E-state index in [1.807, 2.05) is 0 Å². The quantitative estimate of drug-likeness (QED) is 0.559. The number of nitrogens with two attached hydrogens (primary N) is 1. The molecular formula is C11H14ClFN6O3. The smallest absolute Gasteiger partial charge is 0.256 e. The number of aliphatic hydroxyl groups is 2. The number of halogens is 2. The summed E-state index contributed by atoms with van der Waals surface area (Å²) in [6.45, 7) is -0.582. The summed E-state index contributed by atoms with van der Waals surface area (Å²) in [6.07, 6.45) is -3.03. The monoisotopic (exact) mass is 332 g/mol. The molecule has 0 bridgehead atoms. The number of anilines is 2. The third-order valence-electron chi connectivity index (χ3n) is 3.49. The van der Waals surface area contributed by atoms with E-state index >= 15 is 0 Å². The standard InChI is InChI=1S/C11H14ClFN6O3/c1-15-7-5-8(18-10(14)17-7)19(3-16-5)9-11(12,13)6(21)4(2-20)22-9/h3-4,6,9,20-21H,2H2,1H3,(H3,14,15,17,18)/t4-,6-,9-,11+/m1/s1. The number of hydrogen-bond acceptors (Lipinski definition) is 8. The number of nitrogens with one attached hydrogen (secondary N) is 1. The first-order valence-electron chi connectivity index (χ1n) is 6.40. The van der Waals surface area contributed by atoms with E-state index in [9.17, 15) is 9.50 Å². The second kappa shape index (κ2) is 5.16. The van der Waals surface area contributed by atoms with Crippen LogP contribution < -0.4 is 11.1 Å². The van der Waals surface area contributed by atoms with Crippen molar-refractivity contribution >= 4 is 34.5 Å². The Morgan fingerprint density at radius 2 is 2.32 bits per heavy atom. The number of aromatic nitrogens is 4. The zero-order valence-electron chi connectivity index (χ0n) is 11.4.